The van der Waals surface area contributed by atoms with E-state index < -0.39 is 11.0 Å². The number of hydrogen-bond donors (Lipinski definition) is 1. The lowest BCUT2D eigenvalue weighted by Gasteiger charge is -2.39. The molecule has 0 saturated carbocycles. The van der Waals surface area contributed by atoms with Crippen LogP contribution in [0.25, 0.3) is 0 Å². The van der Waals surface area contributed by atoms with E-state index in [1.165, 1.54) is 0 Å². The maximum atomic E-state index is 12.0. The molecule has 0 aromatic heterocycles. The van der Waals surface area contributed by atoms with Crippen LogP contribution in [0.3, 0.4) is 0 Å². The number of carbonyl (C=O) groups excluding carboxylic acids is 2. The van der Waals surface area contributed by atoms with Crippen molar-refractivity contribution in [2.45, 2.75) is 46.1 Å². The lowest BCUT2D eigenvalue weighted by molar-refractivity contribution is -0.157. The zero-order valence-electron chi connectivity index (χ0n) is 13.3. The van der Waals surface area contributed by atoms with Gasteiger partial charge in [-0.3, -0.25) is 4.79 Å². The standard InChI is InChI=1S/C14H26N2O4.ClH/c1-5-19-11(17)14(10-15)6-8-16(9-7-14)12(18)20-13(2,3)4;/h5-10,15H2,1-4H3;1H. The Morgan fingerprint density at radius 1 is 1.24 bits per heavy atom. The highest BCUT2D eigenvalue weighted by Crippen LogP contribution is 2.32. The van der Waals surface area contributed by atoms with Gasteiger partial charge in [-0.2, -0.15) is 0 Å². The molecule has 0 aromatic carbocycles. The average Bonchev–Trinajstić information content (AvgIpc) is 2.37. The fraction of sp³-hybridized carbons (Fsp3) is 0.857. The molecular formula is C14H27ClN2O4. The number of hydrogen-bond acceptors (Lipinski definition) is 5. The predicted octanol–water partition coefficient (Wildman–Crippen LogP) is 1.95. The molecule has 1 aliphatic rings. The minimum Gasteiger partial charge on any atom is -0.466 e. The first-order valence-electron chi connectivity index (χ1n) is 7.09. The van der Waals surface area contributed by atoms with Gasteiger partial charge in [-0.05, 0) is 40.5 Å². The fourth-order valence-corrected chi connectivity index (χ4v) is 2.22. The van der Waals surface area contributed by atoms with Crippen molar-refractivity contribution >= 4 is 24.5 Å². The van der Waals surface area contributed by atoms with Crippen LogP contribution in [0.2, 0.25) is 0 Å². The summed E-state index contributed by atoms with van der Waals surface area (Å²) >= 11 is 0. The first-order chi connectivity index (χ1) is 9.24. The Morgan fingerprint density at radius 2 is 1.76 bits per heavy atom. The van der Waals surface area contributed by atoms with E-state index in [-0.39, 0.29) is 31.0 Å². The first kappa shape index (κ1) is 20.0. The Balaban J connectivity index is 0.00000400. The van der Waals surface area contributed by atoms with Crippen LogP contribution in [-0.2, 0) is 14.3 Å². The minimum absolute atomic E-state index is 0. The minimum atomic E-state index is -0.658. The lowest BCUT2D eigenvalue weighted by Crippen LogP contribution is -2.51. The number of esters is 1. The second-order valence-electron chi connectivity index (χ2n) is 6.17. The van der Waals surface area contributed by atoms with Gasteiger partial charge in [-0.15, -0.1) is 12.4 Å². The molecule has 6 nitrogen and oxygen atoms in total. The summed E-state index contributed by atoms with van der Waals surface area (Å²) in [5, 5.41) is 0. The summed E-state index contributed by atoms with van der Waals surface area (Å²) in [5.41, 5.74) is 4.59. The number of nitrogens with zero attached hydrogens (tertiary/aromatic N) is 1. The molecule has 0 radical (unpaired) electrons. The quantitative estimate of drug-likeness (QED) is 0.803. The van der Waals surface area contributed by atoms with E-state index in [0.717, 1.165) is 0 Å². The van der Waals surface area contributed by atoms with Crippen LogP contribution in [0, 0.1) is 5.41 Å². The molecule has 0 bridgehead atoms. The van der Waals surface area contributed by atoms with Crippen LogP contribution in [-0.4, -0.2) is 48.8 Å². The molecule has 0 spiro atoms. The Kier molecular flexibility index (Phi) is 7.47. The summed E-state index contributed by atoms with van der Waals surface area (Å²) in [5.74, 6) is -0.258. The molecule has 1 heterocycles. The number of nitrogens with two attached hydrogens (primary N) is 1. The van der Waals surface area contributed by atoms with Crippen LogP contribution < -0.4 is 5.73 Å². The molecule has 7 heteroatoms. The summed E-state index contributed by atoms with van der Waals surface area (Å²) in [7, 11) is 0. The van der Waals surface area contributed by atoms with E-state index in [9.17, 15) is 9.59 Å². The van der Waals surface area contributed by atoms with Crippen LogP contribution in [0.5, 0.6) is 0 Å². The molecule has 0 unspecified atom stereocenters. The van der Waals surface area contributed by atoms with Crippen molar-refractivity contribution in [2.24, 2.45) is 11.1 Å². The van der Waals surface area contributed by atoms with Gasteiger partial charge in [0.2, 0.25) is 0 Å². The molecule has 21 heavy (non-hydrogen) atoms. The van der Waals surface area contributed by atoms with Crippen LogP contribution in [0.4, 0.5) is 4.79 Å². The Morgan fingerprint density at radius 3 is 2.14 bits per heavy atom. The highest BCUT2D eigenvalue weighted by atomic mass is 35.5. The third-order valence-corrected chi connectivity index (χ3v) is 3.47. The molecule has 1 amide bonds. The largest absolute Gasteiger partial charge is 0.466 e. The highest BCUT2D eigenvalue weighted by Gasteiger charge is 2.43. The summed E-state index contributed by atoms with van der Waals surface area (Å²) in [6.07, 6.45) is 0.690. The first-order valence-corrected chi connectivity index (χ1v) is 7.09. The molecule has 0 aromatic rings. The molecule has 1 rings (SSSR count). The van der Waals surface area contributed by atoms with Gasteiger partial charge >= 0.3 is 12.1 Å². The Hall–Kier alpha value is -1.01. The van der Waals surface area contributed by atoms with E-state index in [2.05, 4.69) is 0 Å². The highest BCUT2D eigenvalue weighted by molar-refractivity contribution is 5.85. The average molecular weight is 323 g/mol. The molecule has 1 aliphatic heterocycles. The third kappa shape index (κ3) is 5.36. The van der Waals surface area contributed by atoms with E-state index in [1.54, 1.807) is 11.8 Å². The number of rotatable bonds is 3. The van der Waals surface area contributed by atoms with Gasteiger partial charge in [0.15, 0.2) is 0 Å². The van der Waals surface area contributed by atoms with Crippen molar-refractivity contribution in [1.29, 1.82) is 0 Å². The number of halogens is 1. The maximum Gasteiger partial charge on any atom is 0.410 e. The van der Waals surface area contributed by atoms with Crippen LogP contribution >= 0.6 is 12.4 Å². The molecule has 0 atom stereocenters. The normalized spacial score (nSPS) is 17.7. The summed E-state index contributed by atoms with van der Waals surface area (Å²) in [6, 6.07) is 0. The Bertz CT molecular complexity index is 360. The van der Waals surface area contributed by atoms with Crippen molar-refractivity contribution in [3.8, 4) is 0 Å². The van der Waals surface area contributed by atoms with E-state index in [0.29, 0.717) is 32.5 Å². The van der Waals surface area contributed by atoms with E-state index >= 15 is 0 Å². The van der Waals surface area contributed by atoms with Crippen molar-refractivity contribution < 1.29 is 19.1 Å². The van der Waals surface area contributed by atoms with Crippen LogP contribution in [0.1, 0.15) is 40.5 Å². The molecular weight excluding hydrogens is 296 g/mol. The second kappa shape index (κ2) is 7.84. The van der Waals surface area contributed by atoms with Gasteiger partial charge in [-0.1, -0.05) is 0 Å². The van der Waals surface area contributed by atoms with E-state index in [4.69, 9.17) is 15.2 Å². The molecule has 2 N–H and O–H groups in total. The number of likely N-dealkylation sites (tertiary alicyclic amines) is 1. The summed E-state index contributed by atoms with van der Waals surface area (Å²) in [6.45, 7) is 8.78. The van der Waals surface area contributed by atoms with Gasteiger partial charge in [-0.25, -0.2) is 4.79 Å². The molecule has 1 saturated heterocycles. The number of carbonyl (C=O) groups is 2. The van der Waals surface area contributed by atoms with Crippen molar-refractivity contribution in [1.82, 2.24) is 4.90 Å². The van der Waals surface area contributed by atoms with Crippen molar-refractivity contribution in [2.75, 3.05) is 26.2 Å². The molecule has 124 valence electrons. The third-order valence-electron chi connectivity index (χ3n) is 3.47. The zero-order chi connectivity index (χ0) is 15.4. The Labute approximate surface area is 132 Å². The van der Waals surface area contributed by atoms with Crippen molar-refractivity contribution in [3.05, 3.63) is 0 Å². The zero-order valence-corrected chi connectivity index (χ0v) is 14.1. The predicted molar refractivity (Wildman–Crippen MR) is 82.4 cm³/mol. The van der Waals surface area contributed by atoms with Gasteiger partial charge < -0.3 is 20.1 Å². The summed E-state index contributed by atoms with van der Waals surface area (Å²) < 4.78 is 10.4. The molecule has 0 aliphatic carbocycles. The van der Waals surface area contributed by atoms with Gasteiger partial charge in [0.05, 0.1) is 12.0 Å². The monoisotopic (exact) mass is 322 g/mol. The van der Waals surface area contributed by atoms with E-state index in [1.807, 2.05) is 20.8 Å². The van der Waals surface area contributed by atoms with Gasteiger partial charge in [0, 0.05) is 19.6 Å². The maximum absolute atomic E-state index is 12.0. The van der Waals surface area contributed by atoms with Crippen LogP contribution in [0.15, 0.2) is 0 Å². The SMILES string of the molecule is CCOC(=O)C1(CN)CCN(C(=O)OC(C)(C)C)CC1.Cl. The number of ether oxygens (including phenoxy) is 2. The van der Waals surface area contributed by atoms with Crippen molar-refractivity contribution in [3.63, 3.8) is 0 Å². The van der Waals surface area contributed by atoms with Gasteiger partial charge in [0.1, 0.15) is 5.60 Å². The fourth-order valence-electron chi connectivity index (χ4n) is 2.22. The number of piperidine rings is 1. The number of amides is 1. The summed E-state index contributed by atoms with van der Waals surface area (Å²) in [4.78, 5) is 25.6. The van der Waals surface area contributed by atoms with Gasteiger partial charge in [0.25, 0.3) is 0 Å². The smallest absolute Gasteiger partial charge is 0.410 e. The second-order valence-corrected chi connectivity index (χ2v) is 6.17. The lowest BCUT2D eigenvalue weighted by atomic mass is 9.78. The molecule has 1 fully saturated rings. The topological polar surface area (TPSA) is 81.9 Å².